The molecule has 0 aliphatic carbocycles. The van der Waals surface area contributed by atoms with Gasteiger partial charge in [0.05, 0.1) is 29.8 Å². The molecule has 5 heteroatoms. The number of carbonyl (C=O) groups is 2. The van der Waals surface area contributed by atoms with Crippen molar-refractivity contribution in [3.8, 4) is 0 Å². The largest absolute Gasteiger partial charge is 0.390 e. The minimum absolute atomic E-state index is 0.0260. The van der Waals surface area contributed by atoms with Gasteiger partial charge in [0.1, 0.15) is 0 Å². The van der Waals surface area contributed by atoms with E-state index in [1.807, 2.05) is 19.9 Å². The van der Waals surface area contributed by atoms with Gasteiger partial charge in [-0.1, -0.05) is 6.07 Å². The number of benzene rings is 1. The van der Waals surface area contributed by atoms with Gasteiger partial charge in [-0.3, -0.25) is 9.59 Å². The summed E-state index contributed by atoms with van der Waals surface area (Å²) >= 11 is 5.53. The fourth-order valence-corrected chi connectivity index (χ4v) is 2.36. The van der Waals surface area contributed by atoms with Crippen molar-refractivity contribution in [2.24, 2.45) is 0 Å². The average Bonchev–Trinajstić information content (AvgIpc) is 2.54. The molecule has 2 rings (SSSR count). The Morgan fingerprint density at radius 3 is 2.61 bits per heavy atom. The summed E-state index contributed by atoms with van der Waals surface area (Å²) in [6.45, 7) is 3.77. The Kier molecular flexibility index (Phi) is 3.41. The SMILES string of the molecule is Cc1cc(C)c2c(c1)C(=O)C(=O)N2CC(O)CCl. The first-order chi connectivity index (χ1) is 8.45. The van der Waals surface area contributed by atoms with Gasteiger partial charge >= 0.3 is 0 Å². The third-order valence-corrected chi connectivity index (χ3v) is 3.33. The van der Waals surface area contributed by atoms with Crippen molar-refractivity contribution in [2.75, 3.05) is 17.3 Å². The number of hydrogen-bond acceptors (Lipinski definition) is 3. The maximum atomic E-state index is 11.9. The van der Waals surface area contributed by atoms with Crippen molar-refractivity contribution in [1.82, 2.24) is 0 Å². The quantitative estimate of drug-likeness (QED) is 0.666. The molecule has 1 heterocycles. The molecule has 0 fully saturated rings. The van der Waals surface area contributed by atoms with Crippen molar-refractivity contribution >= 4 is 29.0 Å². The van der Waals surface area contributed by atoms with Crippen LogP contribution < -0.4 is 4.90 Å². The van der Waals surface area contributed by atoms with E-state index in [1.165, 1.54) is 4.90 Å². The number of carbonyl (C=O) groups excluding carboxylic acids is 2. The maximum absolute atomic E-state index is 11.9. The lowest BCUT2D eigenvalue weighted by Crippen LogP contribution is -2.37. The number of Topliss-reactive ketones (excluding diaryl/α,β-unsaturated/α-hetero) is 1. The summed E-state index contributed by atoms with van der Waals surface area (Å²) in [4.78, 5) is 25.1. The van der Waals surface area contributed by atoms with Crippen molar-refractivity contribution in [3.05, 3.63) is 28.8 Å². The van der Waals surface area contributed by atoms with Crippen molar-refractivity contribution in [1.29, 1.82) is 0 Å². The van der Waals surface area contributed by atoms with Gasteiger partial charge in [-0.15, -0.1) is 11.6 Å². The number of alkyl halides is 1. The second kappa shape index (κ2) is 4.71. The molecule has 0 radical (unpaired) electrons. The Bertz CT molecular complexity index is 527. The molecule has 1 unspecified atom stereocenters. The number of halogens is 1. The van der Waals surface area contributed by atoms with Gasteiger partial charge < -0.3 is 10.0 Å². The van der Waals surface area contributed by atoms with Crippen molar-refractivity contribution in [2.45, 2.75) is 20.0 Å². The lowest BCUT2D eigenvalue weighted by atomic mass is 10.0. The number of aliphatic hydroxyl groups excluding tert-OH is 1. The van der Waals surface area contributed by atoms with E-state index in [0.717, 1.165) is 11.1 Å². The highest BCUT2D eigenvalue weighted by molar-refractivity contribution is 6.52. The zero-order valence-electron chi connectivity index (χ0n) is 10.2. The molecule has 1 aliphatic rings. The molecular formula is C13H14ClNO3. The van der Waals surface area contributed by atoms with E-state index in [4.69, 9.17) is 11.6 Å². The molecule has 96 valence electrons. The van der Waals surface area contributed by atoms with E-state index >= 15 is 0 Å². The molecule has 1 amide bonds. The molecule has 1 aromatic carbocycles. The summed E-state index contributed by atoms with van der Waals surface area (Å²) in [5.74, 6) is -1.08. The van der Waals surface area contributed by atoms with Crippen LogP contribution in [0, 0.1) is 13.8 Å². The Morgan fingerprint density at radius 2 is 2.00 bits per heavy atom. The average molecular weight is 268 g/mol. The highest BCUT2D eigenvalue weighted by Gasteiger charge is 2.37. The van der Waals surface area contributed by atoms with E-state index in [2.05, 4.69) is 0 Å². The second-order valence-corrected chi connectivity index (χ2v) is 4.84. The molecule has 1 atom stereocenters. The van der Waals surface area contributed by atoms with Crippen LogP contribution in [0.1, 0.15) is 21.5 Å². The van der Waals surface area contributed by atoms with Gasteiger partial charge in [0.25, 0.3) is 11.7 Å². The summed E-state index contributed by atoms with van der Waals surface area (Å²) < 4.78 is 0. The Hall–Kier alpha value is -1.39. The number of β-amino-alcohol motifs (C(OH)–C–C–N with tert-alkyl or cyclic N) is 1. The van der Waals surface area contributed by atoms with Gasteiger partial charge in [-0.05, 0) is 31.0 Å². The van der Waals surface area contributed by atoms with Crippen LogP contribution in [0.25, 0.3) is 0 Å². The number of rotatable bonds is 3. The Balaban J connectivity index is 2.48. The number of amides is 1. The van der Waals surface area contributed by atoms with E-state index in [9.17, 15) is 14.7 Å². The number of nitrogens with zero attached hydrogens (tertiary/aromatic N) is 1. The molecule has 1 aliphatic heterocycles. The molecule has 0 aromatic heterocycles. The van der Waals surface area contributed by atoms with Gasteiger partial charge in [0, 0.05) is 0 Å². The van der Waals surface area contributed by atoms with Crippen LogP contribution in [0.4, 0.5) is 5.69 Å². The van der Waals surface area contributed by atoms with Crippen LogP contribution in [0.5, 0.6) is 0 Å². The first kappa shape index (κ1) is 13.1. The summed E-state index contributed by atoms with van der Waals surface area (Å²) in [5.41, 5.74) is 2.80. The summed E-state index contributed by atoms with van der Waals surface area (Å²) in [7, 11) is 0. The third kappa shape index (κ3) is 2.02. The van der Waals surface area contributed by atoms with E-state index < -0.39 is 17.8 Å². The molecule has 0 saturated heterocycles. The number of aliphatic hydroxyl groups is 1. The Morgan fingerprint density at radius 1 is 1.33 bits per heavy atom. The molecule has 0 spiro atoms. The number of anilines is 1. The highest BCUT2D eigenvalue weighted by atomic mass is 35.5. The normalized spacial score (nSPS) is 16.1. The number of hydrogen-bond donors (Lipinski definition) is 1. The van der Waals surface area contributed by atoms with Gasteiger partial charge in [0.2, 0.25) is 0 Å². The van der Waals surface area contributed by atoms with E-state index in [0.29, 0.717) is 11.3 Å². The van der Waals surface area contributed by atoms with Crippen molar-refractivity contribution in [3.63, 3.8) is 0 Å². The monoisotopic (exact) mass is 267 g/mol. The third-order valence-electron chi connectivity index (χ3n) is 2.97. The smallest absolute Gasteiger partial charge is 0.299 e. The number of ketones is 1. The van der Waals surface area contributed by atoms with Crippen LogP contribution >= 0.6 is 11.6 Å². The molecule has 0 bridgehead atoms. The molecule has 4 nitrogen and oxygen atoms in total. The minimum Gasteiger partial charge on any atom is -0.390 e. The van der Waals surface area contributed by atoms with Crippen LogP contribution in [0.2, 0.25) is 0 Å². The van der Waals surface area contributed by atoms with E-state index in [1.54, 1.807) is 6.07 Å². The van der Waals surface area contributed by atoms with Crippen LogP contribution in [0.3, 0.4) is 0 Å². The first-order valence-electron chi connectivity index (χ1n) is 5.67. The zero-order valence-corrected chi connectivity index (χ0v) is 11.0. The maximum Gasteiger partial charge on any atom is 0.299 e. The zero-order chi connectivity index (χ0) is 13.4. The minimum atomic E-state index is -0.838. The fraction of sp³-hybridized carbons (Fsp3) is 0.385. The molecule has 0 saturated carbocycles. The Labute approximate surface area is 110 Å². The molecule has 1 N–H and O–H groups in total. The van der Waals surface area contributed by atoms with Crippen LogP contribution in [0.15, 0.2) is 12.1 Å². The molecule has 18 heavy (non-hydrogen) atoms. The predicted molar refractivity (Wildman–Crippen MR) is 69.3 cm³/mol. The number of aryl methyl sites for hydroxylation is 2. The molecular weight excluding hydrogens is 254 g/mol. The van der Waals surface area contributed by atoms with Crippen molar-refractivity contribution < 1.29 is 14.7 Å². The fourth-order valence-electron chi connectivity index (χ4n) is 2.26. The summed E-state index contributed by atoms with van der Waals surface area (Å²) in [6, 6.07) is 3.61. The lowest BCUT2D eigenvalue weighted by molar-refractivity contribution is -0.114. The second-order valence-electron chi connectivity index (χ2n) is 4.53. The highest BCUT2D eigenvalue weighted by Crippen LogP contribution is 2.33. The van der Waals surface area contributed by atoms with Gasteiger partial charge in [0.15, 0.2) is 0 Å². The molecule has 1 aromatic rings. The van der Waals surface area contributed by atoms with Gasteiger partial charge in [-0.25, -0.2) is 0 Å². The van der Waals surface area contributed by atoms with Gasteiger partial charge in [-0.2, -0.15) is 0 Å². The summed E-state index contributed by atoms with van der Waals surface area (Å²) in [6.07, 6.45) is -0.838. The lowest BCUT2D eigenvalue weighted by Gasteiger charge is -2.20. The predicted octanol–water partition coefficient (Wildman–Crippen LogP) is 1.43. The van der Waals surface area contributed by atoms with E-state index in [-0.39, 0.29) is 12.4 Å². The standard InChI is InChI=1S/C13H14ClNO3/c1-7-3-8(2)11-10(4-7)12(17)13(18)15(11)6-9(16)5-14/h3-4,9,16H,5-6H2,1-2H3. The van der Waals surface area contributed by atoms with Crippen LogP contribution in [-0.4, -0.2) is 35.3 Å². The number of fused-ring (bicyclic) bond motifs is 1. The topological polar surface area (TPSA) is 57.6 Å². The summed E-state index contributed by atoms with van der Waals surface area (Å²) in [5, 5.41) is 9.56. The first-order valence-corrected chi connectivity index (χ1v) is 6.20. The van der Waals surface area contributed by atoms with Crippen LogP contribution in [-0.2, 0) is 4.79 Å².